The van der Waals surface area contributed by atoms with Crippen LogP contribution >= 0.6 is 8.30 Å². The van der Waals surface area contributed by atoms with E-state index in [0.29, 0.717) is 11.4 Å². The Kier molecular flexibility index (Phi) is 6.95. The smallest absolute Gasteiger partial charge is 0.338 e. The maximum absolute atomic E-state index is 12.4. The van der Waals surface area contributed by atoms with Crippen molar-refractivity contribution < 1.29 is 24.0 Å². The number of anilines is 1. The molecular formula is C18H21N2O5P. The van der Waals surface area contributed by atoms with E-state index in [2.05, 4.69) is 0 Å². The summed E-state index contributed by atoms with van der Waals surface area (Å²) in [5.41, 5.74) is 6.81. The average Bonchev–Trinajstić information content (AvgIpc) is 2.64. The number of nitrogens with two attached hydrogens (primary N) is 1. The zero-order chi connectivity index (χ0) is 19.1. The maximum Gasteiger partial charge on any atom is 0.338 e. The van der Waals surface area contributed by atoms with Gasteiger partial charge in [0.05, 0.1) is 18.4 Å². The fourth-order valence-electron chi connectivity index (χ4n) is 2.32. The first-order chi connectivity index (χ1) is 12.4. The van der Waals surface area contributed by atoms with Crippen LogP contribution in [0.2, 0.25) is 0 Å². The zero-order valence-electron chi connectivity index (χ0n) is 14.6. The Morgan fingerprint density at radius 3 is 2.46 bits per heavy atom. The summed E-state index contributed by atoms with van der Waals surface area (Å²) in [5.74, 6) is -0.711. The second-order valence-electron chi connectivity index (χ2n) is 5.46. The number of amides is 1. The van der Waals surface area contributed by atoms with Crippen LogP contribution in [0.5, 0.6) is 5.75 Å². The number of nitrogens with zero attached hydrogens (tertiary/aromatic N) is 1. The molecule has 138 valence electrons. The van der Waals surface area contributed by atoms with Crippen molar-refractivity contribution in [3.8, 4) is 5.75 Å². The van der Waals surface area contributed by atoms with Gasteiger partial charge in [0.1, 0.15) is 27.2 Å². The SMILES string of the molecule is COc1ccc(C(=O)OCc2ccccc2)cc1N(CC(N)=O)P(C)O. The Balaban J connectivity index is 2.24. The second kappa shape index (κ2) is 9.17. The molecule has 1 atom stereocenters. The second-order valence-corrected chi connectivity index (χ2v) is 6.92. The summed E-state index contributed by atoms with van der Waals surface area (Å²) in [4.78, 5) is 33.7. The predicted molar refractivity (Wildman–Crippen MR) is 100 cm³/mol. The Bertz CT molecular complexity index is 767. The van der Waals surface area contributed by atoms with E-state index in [1.54, 1.807) is 18.8 Å². The average molecular weight is 376 g/mol. The van der Waals surface area contributed by atoms with Gasteiger partial charge in [0, 0.05) is 0 Å². The molecule has 0 aliphatic carbocycles. The maximum atomic E-state index is 12.4. The molecule has 1 unspecified atom stereocenters. The largest absolute Gasteiger partial charge is 0.495 e. The molecular weight excluding hydrogens is 355 g/mol. The molecule has 26 heavy (non-hydrogen) atoms. The molecule has 0 aliphatic heterocycles. The molecule has 0 aliphatic rings. The number of esters is 1. The number of benzene rings is 2. The molecule has 1 amide bonds. The molecule has 8 heteroatoms. The van der Waals surface area contributed by atoms with Gasteiger partial charge in [0.25, 0.3) is 0 Å². The Labute approximate surface area is 153 Å². The van der Waals surface area contributed by atoms with Gasteiger partial charge in [-0.15, -0.1) is 0 Å². The van der Waals surface area contributed by atoms with Gasteiger partial charge in [0.15, 0.2) is 0 Å². The third-order valence-electron chi connectivity index (χ3n) is 3.56. The van der Waals surface area contributed by atoms with Crippen molar-refractivity contribution in [3.05, 3.63) is 59.7 Å². The summed E-state index contributed by atoms with van der Waals surface area (Å²) >= 11 is 0. The molecule has 0 fully saturated rings. The zero-order valence-corrected chi connectivity index (χ0v) is 15.5. The normalized spacial score (nSPS) is 11.5. The summed E-state index contributed by atoms with van der Waals surface area (Å²) in [5, 5.41) is 0. The quantitative estimate of drug-likeness (QED) is 0.541. The van der Waals surface area contributed by atoms with E-state index >= 15 is 0 Å². The summed E-state index contributed by atoms with van der Waals surface area (Å²) in [7, 11) is -0.208. The van der Waals surface area contributed by atoms with Crippen molar-refractivity contribution in [2.75, 3.05) is 25.0 Å². The number of hydrogen-bond acceptors (Lipinski definition) is 6. The third-order valence-corrected chi connectivity index (χ3v) is 4.62. The van der Waals surface area contributed by atoms with Gasteiger partial charge in [-0.2, -0.15) is 0 Å². The summed E-state index contributed by atoms with van der Waals surface area (Å²) in [6.07, 6.45) is 0. The van der Waals surface area contributed by atoms with Gasteiger partial charge in [-0.1, -0.05) is 30.3 Å². The molecule has 0 bridgehead atoms. The number of carbonyl (C=O) groups is 2. The molecule has 0 saturated carbocycles. The lowest BCUT2D eigenvalue weighted by Crippen LogP contribution is -2.30. The van der Waals surface area contributed by atoms with E-state index in [1.165, 1.54) is 17.8 Å². The van der Waals surface area contributed by atoms with Crippen molar-refractivity contribution in [2.24, 2.45) is 5.73 Å². The van der Waals surface area contributed by atoms with Crippen LogP contribution in [-0.4, -0.2) is 37.1 Å². The van der Waals surface area contributed by atoms with E-state index in [-0.39, 0.29) is 18.7 Å². The highest BCUT2D eigenvalue weighted by molar-refractivity contribution is 7.52. The first-order valence-corrected chi connectivity index (χ1v) is 9.49. The molecule has 7 nitrogen and oxygen atoms in total. The number of carbonyl (C=O) groups excluding carboxylic acids is 2. The summed E-state index contributed by atoms with van der Waals surface area (Å²) < 4.78 is 12.0. The monoisotopic (exact) mass is 376 g/mol. The number of primary amides is 1. The highest BCUT2D eigenvalue weighted by Gasteiger charge is 2.21. The van der Waals surface area contributed by atoms with Gasteiger partial charge >= 0.3 is 5.97 Å². The third kappa shape index (κ3) is 5.18. The number of ether oxygens (including phenoxy) is 2. The van der Waals surface area contributed by atoms with Gasteiger partial charge < -0.3 is 24.8 Å². The molecule has 2 aromatic carbocycles. The Morgan fingerprint density at radius 1 is 1.19 bits per heavy atom. The van der Waals surface area contributed by atoms with Crippen LogP contribution in [0.4, 0.5) is 5.69 Å². The van der Waals surface area contributed by atoms with Crippen LogP contribution in [0.25, 0.3) is 0 Å². The van der Waals surface area contributed by atoms with Crippen molar-refractivity contribution in [2.45, 2.75) is 6.61 Å². The molecule has 2 aromatic rings. The van der Waals surface area contributed by atoms with Crippen molar-refractivity contribution in [1.82, 2.24) is 0 Å². The van der Waals surface area contributed by atoms with E-state index in [1.807, 2.05) is 30.3 Å². The molecule has 0 heterocycles. The van der Waals surface area contributed by atoms with Gasteiger partial charge in [-0.05, 0) is 30.4 Å². The van der Waals surface area contributed by atoms with E-state index in [0.717, 1.165) is 5.56 Å². The topological polar surface area (TPSA) is 102 Å². The van der Waals surface area contributed by atoms with Crippen LogP contribution in [0.1, 0.15) is 15.9 Å². The minimum Gasteiger partial charge on any atom is -0.495 e. The first-order valence-electron chi connectivity index (χ1n) is 7.79. The standard InChI is InChI=1S/C18H21N2O5P/c1-24-16-9-8-14(10-15(16)20(26(2)23)11-17(19)21)18(22)25-12-13-6-4-3-5-7-13/h3-10,23H,11-12H2,1-2H3,(H2,19,21). The van der Waals surface area contributed by atoms with Crippen LogP contribution in [0.3, 0.4) is 0 Å². The van der Waals surface area contributed by atoms with Crippen molar-refractivity contribution in [1.29, 1.82) is 0 Å². The van der Waals surface area contributed by atoms with Crippen molar-refractivity contribution >= 4 is 25.9 Å². The van der Waals surface area contributed by atoms with Gasteiger partial charge in [0.2, 0.25) is 5.91 Å². The van der Waals surface area contributed by atoms with Crippen LogP contribution in [-0.2, 0) is 16.1 Å². The summed E-state index contributed by atoms with van der Waals surface area (Å²) in [6.45, 7) is 1.50. The fourth-order valence-corrected chi connectivity index (χ4v) is 3.13. The molecule has 0 saturated heterocycles. The number of methoxy groups -OCH3 is 1. The van der Waals surface area contributed by atoms with E-state index in [4.69, 9.17) is 15.2 Å². The van der Waals surface area contributed by atoms with Crippen molar-refractivity contribution in [3.63, 3.8) is 0 Å². The fraction of sp³-hybridized carbons (Fsp3) is 0.222. The number of rotatable bonds is 8. The molecule has 0 radical (unpaired) electrons. The molecule has 0 spiro atoms. The predicted octanol–water partition coefficient (Wildman–Crippen LogP) is 2.28. The number of hydrogen-bond donors (Lipinski definition) is 2. The van der Waals surface area contributed by atoms with Gasteiger partial charge in [-0.3, -0.25) is 4.79 Å². The van der Waals surface area contributed by atoms with Crippen LogP contribution < -0.4 is 15.1 Å². The summed E-state index contributed by atoms with van der Waals surface area (Å²) in [6, 6.07) is 14.0. The molecule has 2 rings (SSSR count). The van der Waals surface area contributed by atoms with E-state index < -0.39 is 20.2 Å². The lowest BCUT2D eigenvalue weighted by Gasteiger charge is -2.27. The molecule has 0 aromatic heterocycles. The lowest BCUT2D eigenvalue weighted by atomic mass is 10.2. The minimum atomic E-state index is -1.67. The highest BCUT2D eigenvalue weighted by Crippen LogP contribution is 2.41. The minimum absolute atomic E-state index is 0.145. The van der Waals surface area contributed by atoms with E-state index in [9.17, 15) is 14.5 Å². The molecule has 3 N–H and O–H groups in total. The Morgan fingerprint density at radius 2 is 1.88 bits per heavy atom. The van der Waals surface area contributed by atoms with Gasteiger partial charge in [-0.25, -0.2) is 4.79 Å². The first kappa shape index (κ1) is 19.7. The lowest BCUT2D eigenvalue weighted by molar-refractivity contribution is -0.116. The highest BCUT2D eigenvalue weighted by atomic mass is 31.2. The Hall–Kier alpha value is -2.63. The van der Waals surface area contributed by atoms with Crippen LogP contribution in [0.15, 0.2) is 48.5 Å². The van der Waals surface area contributed by atoms with Crippen LogP contribution in [0, 0.1) is 0 Å².